The van der Waals surface area contributed by atoms with Crippen molar-refractivity contribution in [2.75, 3.05) is 0 Å². The Labute approximate surface area is 184 Å². The lowest BCUT2D eigenvalue weighted by Gasteiger charge is -2.24. The Balaban J connectivity index is 1.75. The van der Waals surface area contributed by atoms with Crippen molar-refractivity contribution in [2.24, 2.45) is 0 Å². The topological polar surface area (TPSA) is 83.4 Å². The van der Waals surface area contributed by atoms with E-state index >= 15 is 0 Å². The molecule has 156 valence electrons. The summed E-state index contributed by atoms with van der Waals surface area (Å²) in [6.07, 6.45) is 6.95. The second kappa shape index (κ2) is 8.65. The van der Waals surface area contributed by atoms with Crippen molar-refractivity contribution in [3.63, 3.8) is 0 Å². The lowest BCUT2D eigenvalue weighted by Crippen LogP contribution is -2.35. The quantitative estimate of drug-likeness (QED) is 0.589. The molecule has 1 unspecified atom stereocenters. The minimum Gasteiger partial charge on any atom is -0.503 e. The van der Waals surface area contributed by atoms with Crippen LogP contribution >= 0.6 is 11.3 Å². The fourth-order valence-corrected chi connectivity index (χ4v) is 4.48. The molecule has 31 heavy (non-hydrogen) atoms. The van der Waals surface area contributed by atoms with Crippen molar-refractivity contribution >= 4 is 29.1 Å². The van der Waals surface area contributed by atoms with Crippen LogP contribution in [0.3, 0.4) is 0 Å². The molecule has 6 nitrogen and oxygen atoms in total. The Morgan fingerprint density at radius 1 is 1.19 bits per heavy atom. The summed E-state index contributed by atoms with van der Waals surface area (Å²) in [4.78, 5) is 36.7. The number of aryl methyl sites for hydroxylation is 2. The van der Waals surface area contributed by atoms with E-state index < -0.39 is 17.7 Å². The zero-order valence-corrected chi connectivity index (χ0v) is 18.0. The number of carbonyl (C=O) groups is 2. The molecule has 0 saturated carbocycles. The number of hydrogen-bond donors (Lipinski definition) is 1. The van der Waals surface area contributed by atoms with Crippen molar-refractivity contribution in [1.82, 2.24) is 14.9 Å². The fraction of sp³-hybridized carbons (Fsp3) is 0.167. The van der Waals surface area contributed by atoms with Gasteiger partial charge in [0.2, 0.25) is 5.78 Å². The third-order valence-corrected chi connectivity index (χ3v) is 6.12. The van der Waals surface area contributed by atoms with E-state index in [1.807, 2.05) is 49.4 Å². The SMILES string of the molecule is Cc1nc(C)c(C(=O)C2=C(O)C(=O)N(Cc3cccnc3)C2/C=C/c2ccccc2)s1. The maximum absolute atomic E-state index is 13.4. The fourth-order valence-electron chi connectivity index (χ4n) is 3.60. The van der Waals surface area contributed by atoms with E-state index in [4.69, 9.17) is 0 Å². The molecule has 0 aliphatic carbocycles. The number of aromatic nitrogens is 2. The number of aliphatic hydroxyl groups excluding tert-OH is 1. The van der Waals surface area contributed by atoms with Gasteiger partial charge in [0.1, 0.15) is 0 Å². The van der Waals surface area contributed by atoms with E-state index in [9.17, 15) is 14.7 Å². The van der Waals surface area contributed by atoms with Gasteiger partial charge in [0, 0.05) is 18.9 Å². The predicted octanol–water partition coefficient (Wildman–Crippen LogP) is 4.27. The van der Waals surface area contributed by atoms with Gasteiger partial charge in [0.25, 0.3) is 5.91 Å². The second-order valence-electron chi connectivity index (χ2n) is 7.25. The molecule has 3 aromatic rings. The van der Waals surface area contributed by atoms with Crippen molar-refractivity contribution in [1.29, 1.82) is 0 Å². The summed E-state index contributed by atoms with van der Waals surface area (Å²) in [5.74, 6) is -1.46. The van der Waals surface area contributed by atoms with Gasteiger partial charge in [-0.1, -0.05) is 48.6 Å². The number of benzene rings is 1. The van der Waals surface area contributed by atoms with Crippen LogP contribution in [0.15, 0.2) is 72.3 Å². The van der Waals surface area contributed by atoms with Crippen LogP contribution in [-0.4, -0.2) is 37.7 Å². The summed E-state index contributed by atoms with van der Waals surface area (Å²) >= 11 is 1.26. The van der Waals surface area contributed by atoms with Crippen LogP contribution in [0.25, 0.3) is 6.08 Å². The van der Waals surface area contributed by atoms with Crippen LogP contribution in [0, 0.1) is 13.8 Å². The minimum atomic E-state index is -0.706. The van der Waals surface area contributed by atoms with Crippen LogP contribution < -0.4 is 0 Å². The molecule has 0 fully saturated rings. The van der Waals surface area contributed by atoms with Crippen LogP contribution in [0.1, 0.15) is 31.5 Å². The molecule has 2 aromatic heterocycles. The van der Waals surface area contributed by atoms with Crippen molar-refractivity contribution in [3.05, 3.63) is 99.0 Å². The molecule has 0 radical (unpaired) electrons. The monoisotopic (exact) mass is 431 g/mol. The minimum absolute atomic E-state index is 0.0767. The van der Waals surface area contributed by atoms with Crippen molar-refractivity contribution < 1.29 is 14.7 Å². The van der Waals surface area contributed by atoms with Crippen LogP contribution in [0.2, 0.25) is 0 Å². The highest BCUT2D eigenvalue weighted by molar-refractivity contribution is 7.14. The van der Waals surface area contributed by atoms with Crippen LogP contribution in [0.5, 0.6) is 0 Å². The van der Waals surface area contributed by atoms with Gasteiger partial charge in [0.15, 0.2) is 5.76 Å². The second-order valence-corrected chi connectivity index (χ2v) is 8.45. The number of Topliss-reactive ketones (excluding diaryl/α,β-unsaturated/α-hetero) is 1. The first-order valence-electron chi connectivity index (χ1n) is 9.80. The highest BCUT2D eigenvalue weighted by atomic mass is 32.1. The molecule has 0 saturated heterocycles. The predicted molar refractivity (Wildman–Crippen MR) is 120 cm³/mol. The Morgan fingerprint density at radius 2 is 1.97 bits per heavy atom. The third-order valence-electron chi connectivity index (χ3n) is 5.05. The zero-order valence-electron chi connectivity index (χ0n) is 17.1. The molecule has 3 heterocycles. The number of ketones is 1. The number of aliphatic hydroxyl groups is 1. The summed E-state index contributed by atoms with van der Waals surface area (Å²) in [5, 5.41) is 11.5. The van der Waals surface area contributed by atoms with Gasteiger partial charge < -0.3 is 10.0 Å². The third kappa shape index (κ3) is 4.18. The summed E-state index contributed by atoms with van der Waals surface area (Å²) in [7, 11) is 0. The number of pyridine rings is 1. The summed E-state index contributed by atoms with van der Waals surface area (Å²) in [5.41, 5.74) is 2.41. The van der Waals surface area contributed by atoms with Gasteiger partial charge in [-0.05, 0) is 31.0 Å². The average molecular weight is 432 g/mol. The lowest BCUT2D eigenvalue weighted by atomic mass is 10.00. The number of rotatable bonds is 6. The zero-order chi connectivity index (χ0) is 22.0. The maximum atomic E-state index is 13.4. The molecule has 4 rings (SSSR count). The molecule has 1 N–H and O–H groups in total. The van der Waals surface area contributed by atoms with Gasteiger partial charge >= 0.3 is 0 Å². The van der Waals surface area contributed by atoms with Crippen LogP contribution in [0.4, 0.5) is 0 Å². The first-order valence-corrected chi connectivity index (χ1v) is 10.6. The molecular formula is C24H21N3O3S. The molecule has 1 atom stereocenters. The number of hydrogen-bond acceptors (Lipinski definition) is 6. The molecule has 0 spiro atoms. The Morgan fingerprint density at radius 3 is 2.61 bits per heavy atom. The van der Waals surface area contributed by atoms with E-state index in [1.54, 1.807) is 31.5 Å². The van der Waals surface area contributed by atoms with Gasteiger partial charge in [-0.15, -0.1) is 11.3 Å². The average Bonchev–Trinajstić information content (AvgIpc) is 3.24. The van der Waals surface area contributed by atoms with Crippen LogP contribution in [-0.2, 0) is 11.3 Å². The Kier molecular flexibility index (Phi) is 5.77. The Bertz CT molecular complexity index is 1180. The molecular weight excluding hydrogens is 410 g/mol. The van der Waals surface area contributed by atoms with Crippen molar-refractivity contribution in [2.45, 2.75) is 26.4 Å². The summed E-state index contributed by atoms with van der Waals surface area (Å²) < 4.78 is 0. The van der Waals surface area contributed by atoms with Gasteiger partial charge in [-0.3, -0.25) is 14.6 Å². The smallest absolute Gasteiger partial charge is 0.290 e. The first kappa shape index (κ1) is 20.7. The standard InChI is InChI=1S/C24H21N3O3S/c1-15-23(31-16(2)26-15)21(28)20-19(11-10-17-7-4-3-5-8-17)27(24(30)22(20)29)14-18-9-6-12-25-13-18/h3-13,19,29H,14H2,1-2H3/b11-10+. The largest absolute Gasteiger partial charge is 0.503 e. The van der Waals surface area contributed by atoms with Gasteiger partial charge in [0.05, 0.1) is 27.2 Å². The van der Waals surface area contributed by atoms with Gasteiger partial charge in [-0.2, -0.15) is 0 Å². The summed E-state index contributed by atoms with van der Waals surface area (Å²) in [6.45, 7) is 3.80. The lowest BCUT2D eigenvalue weighted by molar-refractivity contribution is -0.129. The molecule has 7 heteroatoms. The molecule has 1 aliphatic rings. The van der Waals surface area contributed by atoms with E-state index in [-0.39, 0.29) is 17.9 Å². The molecule has 1 aliphatic heterocycles. The highest BCUT2D eigenvalue weighted by Gasteiger charge is 2.42. The summed E-state index contributed by atoms with van der Waals surface area (Å²) in [6, 6.07) is 12.5. The van der Waals surface area contributed by atoms with E-state index in [2.05, 4.69) is 9.97 Å². The number of carbonyl (C=O) groups excluding carboxylic acids is 2. The first-order chi connectivity index (χ1) is 15.0. The maximum Gasteiger partial charge on any atom is 0.290 e. The molecule has 1 aromatic carbocycles. The number of amides is 1. The van der Waals surface area contributed by atoms with E-state index in [0.29, 0.717) is 10.6 Å². The van der Waals surface area contributed by atoms with E-state index in [0.717, 1.165) is 16.1 Å². The number of nitrogens with zero attached hydrogens (tertiary/aromatic N) is 3. The Hall–Kier alpha value is -3.58. The van der Waals surface area contributed by atoms with E-state index in [1.165, 1.54) is 16.2 Å². The molecule has 0 bridgehead atoms. The molecule has 1 amide bonds. The van der Waals surface area contributed by atoms with Crippen molar-refractivity contribution in [3.8, 4) is 0 Å². The number of thiazole rings is 1. The van der Waals surface area contributed by atoms with Gasteiger partial charge in [-0.25, -0.2) is 4.98 Å². The highest BCUT2D eigenvalue weighted by Crippen LogP contribution is 2.32. The normalized spacial score (nSPS) is 16.5.